The molecule has 2 aromatic carbocycles. The fourth-order valence-corrected chi connectivity index (χ4v) is 3.10. The van der Waals surface area contributed by atoms with Crippen molar-refractivity contribution >= 4 is 10.9 Å². The van der Waals surface area contributed by atoms with Gasteiger partial charge in [-0.05, 0) is 48.6 Å². The molecule has 3 rings (SSSR count). The van der Waals surface area contributed by atoms with Gasteiger partial charge in [0.15, 0.2) is 0 Å². The molecule has 1 heterocycles. The lowest BCUT2D eigenvalue weighted by atomic mass is 10.1. The molecule has 0 spiro atoms. The zero-order valence-corrected chi connectivity index (χ0v) is 15.1. The molecule has 0 saturated carbocycles. The Balaban J connectivity index is 1.66. The number of hydrogen-bond donors (Lipinski definition) is 2. The van der Waals surface area contributed by atoms with Crippen molar-refractivity contribution in [1.29, 1.82) is 0 Å². The van der Waals surface area contributed by atoms with Gasteiger partial charge in [0.25, 0.3) is 5.56 Å². The molecule has 0 bridgehead atoms. The van der Waals surface area contributed by atoms with Crippen LogP contribution in [0, 0.1) is 0 Å². The van der Waals surface area contributed by atoms with Crippen LogP contribution >= 0.6 is 0 Å². The molecule has 2 N–H and O–H groups in total. The Morgan fingerprint density at radius 2 is 1.81 bits per heavy atom. The Morgan fingerprint density at radius 3 is 2.54 bits per heavy atom. The molecular weight excluding hydrogens is 328 g/mol. The Labute approximate surface area is 152 Å². The van der Waals surface area contributed by atoms with E-state index in [0.29, 0.717) is 6.54 Å². The summed E-state index contributed by atoms with van der Waals surface area (Å²) in [5.41, 5.74) is 1.71. The zero-order valence-electron chi connectivity index (χ0n) is 15.1. The number of ether oxygens (including phenoxy) is 1. The van der Waals surface area contributed by atoms with E-state index in [1.54, 1.807) is 13.2 Å². The summed E-state index contributed by atoms with van der Waals surface area (Å²) >= 11 is 0. The second-order valence-corrected chi connectivity index (χ2v) is 6.44. The summed E-state index contributed by atoms with van der Waals surface area (Å²) in [5, 5.41) is 14.8. The van der Waals surface area contributed by atoms with Crippen molar-refractivity contribution in [3.05, 3.63) is 76.6 Å². The van der Waals surface area contributed by atoms with Crippen LogP contribution in [0.5, 0.6) is 5.75 Å². The van der Waals surface area contributed by atoms with Crippen LogP contribution in [0.15, 0.2) is 65.5 Å². The minimum absolute atomic E-state index is 0.156. The highest BCUT2D eigenvalue weighted by molar-refractivity contribution is 5.78. The van der Waals surface area contributed by atoms with E-state index >= 15 is 0 Å². The number of nitrogens with zero attached hydrogens (tertiary/aromatic N) is 1. The van der Waals surface area contributed by atoms with E-state index in [-0.39, 0.29) is 11.6 Å². The van der Waals surface area contributed by atoms with Gasteiger partial charge in [-0.25, -0.2) is 0 Å². The average Bonchev–Trinajstić information content (AvgIpc) is 2.66. The highest BCUT2D eigenvalue weighted by Crippen LogP contribution is 2.15. The van der Waals surface area contributed by atoms with E-state index in [1.165, 1.54) is 16.2 Å². The first kappa shape index (κ1) is 18.2. The third-order valence-corrected chi connectivity index (χ3v) is 4.49. The summed E-state index contributed by atoms with van der Waals surface area (Å²) in [6, 6.07) is 18.9. The highest BCUT2D eigenvalue weighted by Gasteiger charge is 2.13. The first-order valence-electron chi connectivity index (χ1n) is 8.73. The van der Waals surface area contributed by atoms with Gasteiger partial charge in [-0.15, -0.1) is 0 Å². The zero-order chi connectivity index (χ0) is 18.5. The monoisotopic (exact) mass is 352 g/mol. The van der Waals surface area contributed by atoms with Crippen LogP contribution in [0.1, 0.15) is 18.7 Å². The van der Waals surface area contributed by atoms with Crippen molar-refractivity contribution < 1.29 is 9.84 Å². The SMILES string of the molecule is COc1ccc(C[C@@H](C)NC[C@@H](O)n2c(=O)ccc3ccccc32)cc1. The molecule has 0 aliphatic carbocycles. The van der Waals surface area contributed by atoms with Gasteiger partial charge in [-0.3, -0.25) is 9.36 Å². The van der Waals surface area contributed by atoms with E-state index in [1.807, 2.05) is 48.5 Å². The molecule has 26 heavy (non-hydrogen) atoms. The third-order valence-electron chi connectivity index (χ3n) is 4.49. The topological polar surface area (TPSA) is 63.5 Å². The predicted molar refractivity (Wildman–Crippen MR) is 104 cm³/mol. The average molecular weight is 352 g/mol. The minimum Gasteiger partial charge on any atom is -0.497 e. The molecule has 0 amide bonds. The standard InChI is InChI=1S/C21H24N2O3/c1-15(13-16-7-10-18(26-2)11-8-16)22-14-21(25)23-19-6-4-3-5-17(19)9-12-20(23)24/h3-12,15,21-22,25H,13-14H2,1-2H3/t15-,21-/m1/s1. The fraction of sp³-hybridized carbons (Fsp3) is 0.286. The van der Waals surface area contributed by atoms with Crippen LogP contribution in [0.2, 0.25) is 0 Å². The lowest BCUT2D eigenvalue weighted by Crippen LogP contribution is -2.36. The largest absolute Gasteiger partial charge is 0.497 e. The summed E-state index contributed by atoms with van der Waals surface area (Å²) in [7, 11) is 1.65. The Kier molecular flexibility index (Phi) is 5.71. The predicted octanol–water partition coefficient (Wildman–Crippen LogP) is 2.72. The molecule has 1 aromatic heterocycles. The number of aromatic nitrogens is 1. The Morgan fingerprint density at radius 1 is 1.08 bits per heavy atom. The first-order chi connectivity index (χ1) is 12.6. The van der Waals surface area contributed by atoms with Crippen LogP contribution in [0.4, 0.5) is 0 Å². The summed E-state index contributed by atoms with van der Waals surface area (Å²) in [6.45, 7) is 2.36. The number of aliphatic hydroxyl groups is 1. The van der Waals surface area contributed by atoms with Crippen LogP contribution in [0.3, 0.4) is 0 Å². The molecule has 0 unspecified atom stereocenters. The summed E-state index contributed by atoms with van der Waals surface area (Å²) in [5.74, 6) is 0.833. The molecule has 0 aliphatic rings. The highest BCUT2D eigenvalue weighted by atomic mass is 16.5. The van der Waals surface area contributed by atoms with E-state index < -0.39 is 6.23 Å². The normalized spacial score (nSPS) is 13.5. The lowest BCUT2D eigenvalue weighted by Gasteiger charge is -2.20. The number of para-hydroxylation sites is 1. The van der Waals surface area contributed by atoms with Crippen molar-refractivity contribution in [1.82, 2.24) is 9.88 Å². The third kappa shape index (κ3) is 4.12. The van der Waals surface area contributed by atoms with Crippen molar-refractivity contribution in [3.63, 3.8) is 0 Å². The molecule has 5 heteroatoms. The molecular formula is C21H24N2O3. The van der Waals surface area contributed by atoms with E-state index in [2.05, 4.69) is 12.2 Å². The van der Waals surface area contributed by atoms with Gasteiger partial charge in [0.05, 0.1) is 12.6 Å². The van der Waals surface area contributed by atoms with Crippen molar-refractivity contribution in [2.75, 3.05) is 13.7 Å². The van der Waals surface area contributed by atoms with Gasteiger partial charge in [0, 0.05) is 18.7 Å². The lowest BCUT2D eigenvalue weighted by molar-refractivity contribution is 0.101. The summed E-state index contributed by atoms with van der Waals surface area (Å²) in [4.78, 5) is 12.2. The van der Waals surface area contributed by atoms with Crippen LogP contribution in [-0.4, -0.2) is 29.4 Å². The van der Waals surface area contributed by atoms with Gasteiger partial charge in [0.1, 0.15) is 12.0 Å². The van der Waals surface area contributed by atoms with Crippen LogP contribution < -0.4 is 15.6 Å². The summed E-state index contributed by atoms with van der Waals surface area (Å²) < 4.78 is 6.60. The van der Waals surface area contributed by atoms with Gasteiger partial charge < -0.3 is 15.2 Å². The number of benzene rings is 2. The maximum atomic E-state index is 12.2. The van der Waals surface area contributed by atoms with E-state index in [0.717, 1.165) is 23.1 Å². The number of pyridine rings is 1. The number of fused-ring (bicyclic) bond motifs is 1. The first-order valence-corrected chi connectivity index (χ1v) is 8.73. The number of methoxy groups -OCH3 is 1. The van der Waals surface area contributed by atoms with Gasteiger partial charge in [-0.1, -0.05) is 30.3 Å². The van der Waals surface area contributed by atoms with E-state index in [4.69, 9.17) is 4.74 Å². The van der Waals surface area contributed by atoms with Crippen molar-refractivity contribution in [3.8, 4) is 5.75 Å². The quantitative estimate of drug-likeness (QED) is 0.686. The maximum Gasteiger partial charge on any atom is 0.253 e. The van der Waals surface area contributed by atoms with Crippen molar-refractivity contribution in [2.45, 2.75) is 25.6 Å². The molecule has 3 aromatic rings. The second kappa shape index (κ2) is 8.17. The number of rotatable bonds is 7. The smallest absolute Gasteiger partial charge is 0.253 e. The van der Waals surface area contributed by atoms with Gasteiger partial charge in [-0.2, -0.15) is 0 Å². The van der Waals surface area contributed by atoms with Gasteiger partial charge >= 0.3 is 0 Å². The van der Waals surface area contributed by atoms with Crippen LogP contribution in [0.25, 0.3) is 10.9 Å². The molecule has 5 nitrogen and oxygen atoms in total. The minimum atomic E-state index is -0.924. The second-order valence-electron chi connectivity index (χ2n) is 6.44. The molecule has 0 radical (unpaired) electrons. The van der Waals surface area contributed by atoms with E-state index in [9.17, 15) is 9.90 Å². The molecule has 0 saturated heterocycles. The molecule has 136 valence electrons. The fourth-order valence-electron chi connectivity index (χ4n) is 3.10. The Hall–Kier alpha value is -2.63. The number of nitrogens with one attached hydrogen (secondary N) is 1. The Bertz CT molecular complexity index is 918. The van der Waals surface area contributed by atoms with Crippen LogP contribution in [-0.2, 0) is 6.42 Å². The number of aliphatic hydroxyl groups excluding tert-OH is 1. The molecule has 2 atom stereocenters. The van der Waals surface area contributed by atoms with Gasteiger partial charge in [0.2, 0.25) is 0 Å². The number of hydrogen-bond acceptors (Lipinski definition) is 4. The molecule has 0 fully saturated rings. The molecule has 0 aliphatic heterocycles. The summed E-state index contributed by atoms with van der Waals surface area (Å²) in [6.07, 6.45) is -0.104. The van der Waals surface area contributed by atoms with Crippen molar-refractivity contribution in [2.24, 2.45) is 0 Å². The maximum absolute atomic E-state index is 12.2.